The number of benzene rings is 1. The molecule has 0 spiro atoms. The van der Waals surface area contributed by atoms with Crippen LogP contribution in [-0.2, 0) is 16.6 Å². The van der Waals surface area contributed by atoms with Gasteiger partial charge in [-0.2, -0.15) is 4.31 Å². The second kappa shape index (κ2) is 6.83. The first-order valence-corrected chi connectivity index (χ1v) is 8.55. The maximum atomic E-state index is 12.6. The van der Waals surface area contributed by atoms with Gasteiger partial charge in [0.1, 0.15) is 0 Å². The van der Waals surface area contributed by atoms with Crippen molar-refractivity contribution in [3.05, 3.63) is 27.7 Å². The number of hydrogen-bond acceptors (Lipinski definition) is 3. The zero-order chi connectivity index (χ0) is 14.6. The molecular formula is C13H21BrN2O2S. The molecule has 0 aliphatic heterocycles. The second-order valence-corrected chi connectivity index (χ2v) is 7.04. The summed E-state index contributed by atoms with van der Waals surface area (Å²) in [6.07, 6.45) is 0. The summed E-state index contributed by atoms with van der Waals surface area (Å²) in [7, 11) is -1.59. The predicted octanol–water partition coefficient (Wildman–Crippen LogP) is 2.51. The van der Waals surface area contributed by atoms with E-state index in [4.69, 9.17) is 0 Å². The van der Waals surface area contributed by atoms with Crippen LogP contribution < -0.4 is 5.32 Å². The van der Waals surface area contributed by atoms with Crippen LogP contribution in [0.15, 0.2) is 21.5 Å². The van der Waals surface area contributed by atoms with Crippen molar-refractivity contribution in [1.29, 1.82) is 0 Å². The molecule has 4 nitrogen and oxygen atoms in total. The van der Waals surface area contributed by atoms with E-state index in [1.807, 2.05) is 33.9 Å². The van der Waals surface area contributed by atoms with Crippen molar-refractivity contribution in [1.82, 2.24) is 9.62 Å². The van der Waals surface area contributed by atoms with E-state index >= 15 is 0 Å². The molecule has 0 amide bonds. The summed E-state index contributed by atoms with van der Waals surface area (Å²) in [5, 5.41) is 3.04. The van der Waals surface area contributed by atoms with Gasteiger partial charge in [-0.15, -0.1) is 0 Å². The molecule has 108 valence electrons. The van der Waals surface area contributed by atoms with Crippen molar-refractivity contribution in [3.8, 4) is 0 Å². The molecule has 0 unspecified atom stereocenters. The van der Waals surface area contributed by atoms with Crippen LogP contribution in [0.4, 0.5) is 0 Å². The molecule has 0 aromatic heterocycles. The molecule has 1 rings (SSSR count). The van der Waals surface area contributed by atoms with Crippen LogP contribution in [-0.4, -0.2) is 32.9 Å². The van der Waals surface area contributed by atoms with Crippen LogP contribution in [0.1, 0.15) is 25.0 Å². The standard InChI is InChI=1S/C13H21BrN2O2S/c1-5-16(6-2)19(17,18)12-8-11(9-15-4)7-10(3)13(12)14/h7-8,15H,5-6,9H2,1-4H3. The van der Waals surface area contributed by atoms with Crippen LogP contribution in [0.2, 0.25) is 0 Å². The summed E-state index contributed by atoms with van der Waals surface area (Å²) in [6, 6.07) is 3.73. The number of halogens is 1. The first-order chi connectivity index (χ1) is 8.88. The van der Waals surface area contributed by atoms with E-state index in [1.165, 1.54) is 4.31 Å². The van der Waals surface area contributed by atoms with E-state index in [-0.39, 0.29) is 0 Å². The lowest BCUT2D eigenvalue weighted by atomic mass is 10.1. The Balaban J connectivity index is 3.40. The smallest absolute Gasteiger partial charge is 0.244 e. The molecule has 1 N–H and O–H groups in total. The average Bonchev–Trinajstić information content (AvgIpc) is 2.34. The van der Waals surface area contributed by atoms with Crippen LogP contribution in [0.3, 0.4) is 0 Å². The number of rotatable bonds is 6. The van der Waals surface area contributed by atoms with E-state index in [0.717, 1.165) is 11.1 Å². The Morgan fingerprint density at radius 2 is 1.84 bits per heavy atom. The zero-order valence-corrected chi connectivity index (χ0v) is 14.2. The van der Waals surface area contributed by atoms with E-state index in [2.05, 4.69) is 21.2 Å². The molecule has 0 saturated carbocycles. The Morgan fingerprint density at radius 1 is 1.26 bits per heavy atom. The number of nitrogens with zero attached hydrogens (tertiary/aromatic N) is 1. The minimum absolute atomic E-state index is 0.349. The summed E-state index contributed by atoms with van der Waals surface area (Å²) in [4.78, 5) is 0.349. The molecule has 0 bridgehead atoms. The van der Waals surface area contributed by atoms with Crippen molar-refractivity contribution in [2.24, 2.45) is 0 Å². The zero-order valence-electron chi connectivity index (χ0n) is 11.8. The Morgan fingerprint density at radius 3 is 2.32 bits per heavy atom. The SMILES string of the molecule is CCN(CC)S(=O)(=O)c1cc(CNC)cc(C)c1Br. The third kappa shape index (κ3) is 3.56. The number of sulfonamides is 1. The third-order valence-electron chi connectivity index (χ3n) is 2.99. The summed E-state index contributed by atoms with van der Waals surface area (Å²) in [5.74, 6) is 0. The highest BCUT2D eigenvalue weighted by atomic mass is 79.9. The molecule has 1 aromatic rings. The van der Waals surface area contributed by atoms with Crippen LogP contribution >= 0.6 is 15.9 Å². The van der Waals surface area contributed by atoms with Gasteiger partial charge in [0.25, 0.3) is 0 Å². The summed E-state index contributed by atoms with van der Waals surface area (Å²) in [5.41, 5.74) is 1.90. The Hall–Kier alpha value is -0.430. The van der Waals surface area contributed by atoms with Gasteiger partial charge in [-0.1, -0.05) is 19.9 Å². The summed E-state index contributed by atoms with van der Waals surface area (Å²) >= 11 is 3.40. The molecule has 0 saturated heterocycles. The normalized spacial score (nSPS) is 12.1. The maximum Gasteiger partial charge on any atom is 0.244 e. The Kier molecular flexibility index (Phi) is 5.98. The molecule has 0 atom stereocenters. The Labute approximate surface area is 124 Å². The molecule has 1 aromatic carbocycles. The highest BCUT2D eigenvalue weighted by Crippen LogP contribution is 2.29. The van der Waals surface area contributed by atoms with Crippen molar-refractivity contribution in [2.75, 3.05) is 20.1 Å². The highest BCUT2D eigenvalue weighted by molar-refractivity contribution is 9.10. The van der Waals surface area contributed by atoms with E-state index in [0.29, 0.717) is 29.0 Å². The molecule has 0 radical (unpaired) electrons. The fourth-order valence-corrected chi connectivity index (χ4v) is 4.49. The molecule has 0 aliphatic rings. The van der Waals surface area contributed by atoms with Crippen molar-refractivity contribution in [3.63, 3.8) is 0 Å². The van der Waals surface area contributed by atoms with Gasteiger partial charge in [0, 0.05) is 24.1 Å². The molecular weight excluding hydrogens is 328 g/mol. The van der Waals surface area contributed by atoms with Gasteiger partial charge in [0.15, 0.2) is 0 Å². The maximum absolute atomic E-state index is 12.6. The van der Waals surface area contributed by atoms with Gasteiger partial charge in [-0.25, -0.2) is 8.42 Å². The quantitative estimate of drug-likeness (QED) is 0.859. The number of aryl methyl sites for hydroxylation is 1. The summed E-state index contributed by atoms with van der Waals surface area (Å²) in [6.45, 7) is 7.19. The lowest BCUT2D eigenvalue weighted by Gasteiger charge is -2.20. The van der Waals surface area contributed by atoms with Crippen molar-refractivity contribution in [2.45, 2.75) is 32.2 Å². The molecule has 6 heteroatoms. The van der Waals surface area contributed by atoms with Gasteiger partial charge < -0.3 is 5.32 Å². The van der Waals surface area contributed by atoms with Gasteiger partial charge in [0.05, 0.1) is 4.90 Å². The molecule has 0 heterocycles. The molecule has 19 heavy (non-hydrogen) atoms. The van der Waals surface area contributed by atoms with E-state index in [1.54, 1.807) is 6.07 Å². The average molecular weight is 349 g/mol. The van der Waals surface area contributed by atoms with E-state index < -0.39 is 10.0 Å². The minimum atomic E-state index is -3.44. The van der Waals surface area contributed by atoms with Crippen LogP contribution in [0, 0.1) is 6.92 Å². The monoisotopic (exact) mass is 348 g/mol. The first-order valence-electron chi connectivity index (χ1n) is 6.32. The highest BCUT2D eigenvalue weighted by Gasteiger charge is 2.25. The third-order valence-corrected chi connectivity index (χ3v) is 6.37. The second-order valence-electron chi connectivity index (χ2n) is 4.34. The van der Waals surface area contributed by atoms with Crippen LogP contribution in [0.5, 0.6) is 0 Å². The molecule has 0 aliphatic carbocycles. The van der Waals surface area contributed by atoms with E-state index in [9.17, 15) is 8.42 Å². The number of nitrogens with one attached hydrogen (secondary N) is 1. The van der Waals surface area contributed by atoms with Crippen molar-refractivity contribution < 1.29 is 8.42 Å². The topological polar surface area (TPSA) is 49.4 Å². The lowest BCUT2D eigenvalue weighted by molar-refractivity contribution is 0.444. The minimum Gasteiger partial charge on any atom is -0.316 e. The lowest BCUT2D eigenvalue weighted by Crippen LogP contribution is -2.31. The predicted molar refractivity (Wildman–Crippen MR) is 81.7 cm³/mol. The first kappa shape index (κ1) is 16.6. The molecule has 0 fully saturated rings. The fourth-order valence-electron chi connectivity index (χ4n) is 2.01. The van der Waals surface area contributed by atoms with Gasteiger partial charge in [0.2, 0.25) is 10.0 Å². The van der Waals surface area contributed by atoms with Crippen molar-refractivity contribution >= 4 is 26.0 Å². The summed E-state index contributed by atoms with van der Waals surface area (Å²) < 4.78 is 27.3. The Bertz CT molecular complexity index is 540. The fraction of sp³-hybridized carbons (Fsp3) is 0.538. The number of hydrogen-bond donors (Lipinski definition) is 1. The van der Waals surface area contributed by atoms with Gasteiger partial charge in [-0.05, 0) is 47.1 Å². The largest absolute Gasteiger partial charge is 0.316 e. The van der Waals surface area contributed by atoms with Gasteiger partial charge >= 0.3 is 0 Å². The van der Waals surface area contributed by atoms with Crippen LogP contribution in [0.25, 0.3) is 0 Å². The van der Waals surface area contributed by atoms with Gasteiger partial charge in [-0.3, -0.25) is 0 Å².